The fraction of sp³-hybridized carbons (Fsp3) is 0.750. The second-order valence-corrected chi connectivity index (χ2v) is 4.65. The summed E-state index contributed by atoms with van der Waals surface area (Å²) in [5.41, 5.74) is 0. The lowest BCUT2D eigenvalue weighted by Gasteiger charge is -2.15. The molecule has 0 aliphatic heterocycles. The molecule has 0 aromatic carbocycles. The second-order valence-electron chi connectivity index (χ2n) is 4.65. The van der Waals surface area contributed by atoms with Gasteiger partial charge in [0.2, 0.25) is 17.8 Å². The smallest absolute Gasteiger partial charge is 0.231 e. The molecule has 7 nitrogen and oxygen atoms in total. The van der Waals surface area contributed by atoms with Gasteiger partial charge in [-0.15, -0.1) is 0 Å². The van der Waals surface area contributed by atoms with Gasteiger partial charge in [0.15, 0.2) is 0 Å². The van der Waals surface area contributed by atoms with Crippen LogP contribution < -0.4 is 15.5 Å². The Labute approximate surface area is 114 Å². The first-order chi connectivity index (χ1) is 9.06. The van der Waals surface area contributed by atoms with E-state index in [2.05, 4.69) is 32.5 Å². The van der Waals surface area contributed by atoms with Crippen LogP contribution in [0.5, 0.6) is 0 Å². The standard InChI is InChI=1S/C12H24N6O/c1-6-13-10-15-11(14-7-9(2)8-19-5)17-12(16-10)18(3)4/h9H,6-8H2,1-5H3,(H2,13,14,15,16,17). The number of hydrogen-bond donors (Lipinski definition) is 2. The summed E-state index contributed by atoms with van der Waals surface area (Å²) >= 11 is 0. The molecule has 0 bridgehead atoms. The maximum absolute atomic E-state index is 5.10. The molecule has 0 radical (unpaired) electrons. The van der Waals surface area contributed by atoms with E-state index in [1.807, 2.05) is 25.9 Å². The van der Waals surface area contributed by atoms with Crippen molar-refractivity contribution >= 4 is 17.8 Å². The third-order valence-corrected chi connectivity index (χ3v) is 2.42. The molecule has 1 aromatic heterocycles. The first-order valence-corrected chi connectivity index (χ1v) is 6.46. The molecule has 0 spiro atoms. The van der Waals surface area contributed by atoms with Crippen molar-refractivity contribution in [2.45, 2.75) is 13.8 Å². The SMILES string of the molecule is CCNc1nc(NCC(C)COC)nc(N(C)C)n1. The third-order valence-electron chi connectivity index (χ3n) is 2.42. The minimum Gasteiger partial charge on any atom is -0.384 e. The number of rotatable bonds is 8. The second kappa shape index (κ2) is 7.73. The molecule has 0 aliphatic carbocycles. The summed E-state index contributed by atoms with van der Waals surface area (Å²) in [6.07, 6.45) is 0. The lowest BCUT2D eigenvalue weighted by Crippen LogP contribution is -2.20. The molecule has 0 saturated heterocycles. The molecule has 0 fully saturated rings. The predicted molar refractivity (Wildman–Crippen MR) is 77.8 cm³/mol. The maximum Gasteiger partial charge on any atom is 0.231 e. The fourth-order valence-corrected chi connectivity index (χ4v) is 1.49. The Bertz CT molecular complexity index is 384. The summed E-state index contributed by atoms with van der Waals surface area (Å²) in [5.74, 6) is 2.20. The van der Waals surface area contributed by atoms with Crippen LogP contribution in [0.3, 0.4) is 0 Å². The molecule has 0 saturated carbocycles. The number of methoxy groups -OCH3 is 1. The van der Waals surface area contributed by atoms with E-state index >= 15 is 0 Å². The zero-order valence-corrected chi connectivity index (χ0v) is 12.4. The lowest BCUT2D eigenvalue weighted by molar-refractivity contribution is 0.164. The van der Waals surface area contributed by atoms with Crippen molar-refractivity contribution in [1.29, 1.82) is 0 Å². The van der Waals surface area contributed by atoms with Crippen LogP contribution in [0.15, 0.2) is 0 Å². The number of nitrogens with one attached hydrogen (secondary N) is 2. The van der Waals surface area contributed by atoms with Gasteiger partial charge in [0.1, 0.15) is 0 Å². The number of aromatic nitrogens is 3. The Morgan fingerprint density at radius 2 is 1.79 bits per heavy atom. The summed E-state index contributed by atoms with van der Waals surface area (Å²) in [6.45, 7) is 6.36. The molecule has 1 heterocycles. The monoisotopic (exact) mass is 268 g/mol. The Morgan fingerprint density at radius 1 is 1.16 bits per heavy atom. The Balaban J connectivity index is 2.75. The molecule has 108 valence electrons. The Hall–Kier alpha value is -1.63. The first-order valence-electron chi connectivity index (χ1n) is 6.46. The minimum absolute atomic E-state index is 0.396. The van der Waals surface area contributed by atoms with E-state index in [0.717, 1.165) is 13.1 Å². The van der Waals surface area contributed by atoms with E-state index in [9.17, 15) is 0 Å². The highest BCUT2D eigenvalue weighted by atomic mass is 16.5. The molecule has 1 atom stereocenters. The van der Waals surface area contributed by atoms with Crippen molar-refractivity contribution in [2.75, 3.05) is 56.4 Å². The zero-order chi connectivity index (χ0) is 14.3. The Morgan fingerprint density at radius 3 is 2.32 bits per heavy atom. The molecule has 19 heavy (non-hydrogen) atoms. The van der Waals surface area contributed by atoms with Gasteiger partial charge < -0.3 is 20.3 Å². The van der Waals surface area contributed by atoms with Crippen molar-refractivity contribution in [2.24, 2.45) is 5.92 Å². The van der Waals surface area contributed by atoms with E-state index in [4.69, 9.17) is 4.74 Å². The van der Waals surface area contributed by atoms with Gasteiger partial charge >= 0.3 is 0 Å². The molecule has 2 N–H and O–H groups in total. The normalized spacial score (nSPS) is 12.1. The molecular weight excluding hydrogens is 244 g/mol. The summed E-state index contributed by atoms with van der Waals surface area (Å²) < 4.78 is 5.10. The highest BCUT2D eigenvalue weighted by Crippen LogP contribution is 2.11. The molecule has 7 heteroatoms. The van der Waals surface area contributed by atoms with E-state index < -0.39 is 0 Å². The molecule has 0 amide bonds. The van der Waals surface area contributed by atoms with E-state index in [-0.39, 0.29) is 0 Å². The van der Waals surface area contributed by atoms with Crippen LogP contribution in [0.4, 0.5) is 17.8 Å². The summed E-state index contributed by atoms with van der Waals surface area (Å²) in [4.78, 5) is 14.9. The molecule has 1 aromatic rings. The Kier molecular flexibility index (Phi) is 6.27. The average Bonchev–Trinajstić information content (AvgIpc) is 2.37. The van der Waals surface area contributed by atoms with Crippen molar-refractivity contribution in [3.05, 3.63) is 0 Å². The average molecular weight is 268 g/mol. The van der Waals surface area contributed by atoms with Gasteiger partial charge in [0.05, 0.1) is 6.61 Å². The van der Waals surface area contributed by atoms with Crippen molar-refractivity contribution in [3.63, 3.8) is 0 Å². The van der Waals surface area contributed by atoms with E-state index in [1.54, 1.807) is 7.11 Å². The zero-order valence-electron chi connectivity index (χ0n) is 12.4. The number of nitrogens with zero attached hydrogens (tertiary/aromatic N) is 4. The van der Waals surface area contributed by atoms with Gasteiger partial charge in [-0.3, -0.25) is 0 Å². The van der Waals surface area contributed by atoms with Crippen LogP contribution in [-0.2, 0) is 4.74 Å². The first kappa shape index (κ1) is 15.4. The van der Waals surface area contributed by atoms with Gasteiger partial charge in [-0.05, 0) is 12.8 Å². The highest BCUT2D eigenvalue weighted by Gasteiger charge is 2.08. The topological polar surface area (TPSA) is 75.2 Å². The van der Waals surface area contributed by atoms with Gasteiger partial charge in [0, 0.05) is 34.3 Å². The summed E-state index contributed by atoms with van der Waals surface area (Å²) in [6, 6.07) is 0. The van der Waals surface area contributed by atoms with Crippen LogP contribution in [0, 0.1) is 5.92 Å². The third kappa shape index (κ3) is 5.25. The highest BCUT2D eigenvalue weighted by molar-refractivity contribution is 5.42. The van der Waals surface area contributed by atoms with Crippen molar-refractivity contribution in [3.8, 4) is 0 Å². The van der Waals surface area contributed by atoms with E-state index in [1.165, 1.54) is 0 Å². The van der Waals surface area contributed by atoms with Crippen LogP contribution >= 0.6 is 0 Å². The van der Waals surface area contributed by atoms with E-state index in [0.29, 0.717) is 30.4 Å². The van der Waals surface area contributed by atoms with Crippen LogP contribution in [0.1, 0.15) is 13.8 Å². The largest absolute Gasteiger partial charge is 0.384 e. The fourth-order valence-electron chi connectivity index (χ4n) is 1.49. The van der Waals surface area contributed by atoms with Crippen LogP contribution in [0.2, 0.25) is 0 Å². The van der Waals surface area contributed by atoms with Crippen molar-refractivity contribution in [1.82, 2.24) is 15.0 Å². The van der Waals surface area contributed by atoms with Gasteiger partial charge in [-0.1, -0.05) is 6.92 Å². The van der Waals surface area contributed by atoms with Gasteiger partial charge in [-0.25, -0.2) is 0 Å². The number of ether oxygens (including phenoxy) is 1. The van der Waals surface area contributed by atoms with Gasteiger partial charge in [-0.2, -0.15) is 15.0 Å². The number of hydrogen-bond acceptors (Lipinski definition) is 7. The van der Waals surface area contributed by atoms with Gasteiger partial charge in [0.25, 0.3) is 0 Å². The number of anilines is 3. The van der Waals surface area contributed by atoms with Crippen LogP contribution in [-0.4, -0.2) is 55.9 Å². The maximum atomic E-state index is 5.10. The minimum atomic E-state index is 0.396. The molecule has 0 aliphatic rings. The van der Waals surface area contributed by atoms with Crippen LogP contribution in [0.25, 0.3) is 0 Å². The predicted octanol–water partition coefficient (Wildman–Crippen LogP) is 1.06. The molecular formula is C12H24N6O. The molecule has 1 unspecified atom stereocenters. The van der Waals surface area contributed by atoms with Crippen molar-refractivity contribution < 1.29 is 4.74 Å². The summed E-state index contributed by atoms with van der Waals surface area (Å²) in [5, 5.41) is 6.32. The molecule has 1 rings (SSSR count). The summed E-state index contributed by atoms with van der Waals surface area (Å²) in [7, 11) is 5.51. The quantitative estimate of drug-likeness (QED) is 0.730. The lowest BCUT2D eigenvalue weighted by atomic mass is 10.2.